The first-order valence-electron chi connectivity index (χ1n) is 6.99. The molecule has 116 valence electrons. The fourth-order valence-electron chi connectivity index (χ4n) is 1.94. The number of amides is 1. The van der Waals surface area contributed by atoms with E-state index in [4.69, 9.17) is 16.0 Å². The highest BCUT2D eigenvalue weighted by Gasteiger charge is 2.10. The van der Waals surface area contributed by atoms with Crippen LogP contribution in [0.2, 0.25) is 5.02 Å². The average Bonchev–Trinajstić information content (AvgIpc) is 3.05. The van der Waals surface area contributed by atoms with Crippen molar-refractivity contribution in [3.63, 3.8) is 0 Å². The molecule has 0 aliphatic heterocycles. The van der Waals surface area contributed by atoms with E-state index in [1.165, 1.54) is 0 Å². The van der Waals surface area contributed by atoms with Gasteiger partial charge in [-0.05, 0) is 36.4 Å². The molecule has 7 heteroatoms. The summed E-state index contributed by atoms with van der Waals surface area (Å²) in [7, 11) is 0. The van der Waals surface area contributed by atoms with Gasteiger partial charge in [-0.15, -0.1) is 10.2 Å². The number of nitrogens with one attached hydrogen (secondary N) is 1. The normalized spacial score (nSPS) is 10.5. The lowest BCUT2D eigenvalue weighted by atomic mass is 10.2. The van der Waals surface area contributed by atoms with Gasteiger partial charge in [0.2, 0.25) is 17.7 Å². The van der Waals surface area contributed by atoms with Crippen molar-refractivity contribution in [1.82, 2.24) is 15.2 Å². The molecule has 3 aromatic rings. The summed E-state index contributed by atoms with van der Waals surface area (Å²) in [5.74, 6) is 0.676. The van der Waals surface area contributed by atoms with Crippen LogP contribution in [0.3, 0.4) is 0 Å². The van der Waals surface area contributed by atoms with Crippen molar-refractivity contribution in [2.75, 3.05) is 5.32 Å². The third kappa shape index (κ3) is 4.14. The minimum absolute atomic E-state index is 0.131. The number of halogens is 1. The van der Waals surface area contributed by atoms with Gasteiger partial charge in [0.05, 0.1) is 5.56 Å². The summed E-state index contributed by atoms with van der Waals surface area (Å²) in [5, 5.41) is 11.3. The summed E-state index contributed by atoms with van der Waals surface area (Å²) in [6, 6.07) is 10.5. The Morgan fingerprint density at radius 1 is 1.17 bits per heavy atom. The largest absolute Gasteiger partial charge is 0.421 e. The Balaban J connectivity index is 1.55. The SMILES string of the molecule is O=C(CCc1nnc(-c2cccnc2)o1)Nc1ccc(Cl)cc1. The Labute approximate surface area is 137 Å². The number of hydrogen-bond donors (Lipinski definition) is 1. The predicted molar refractivity (Wildman–Crippen MR) is 85.9 cm³/mol. The van der Waals surface area contributed by atoms with E-state index in [2.05, 4.69) is 20.5 Å². The van der Waals surface area contributed by atoms with Crippen LogP contribution in [0.1, 0.15) is 12.3 Å². The second kappa shape index (κ2) is 7.02. The number of carbonyl (C=O) groups is 1. The number of benzene rings is 1. The first-order chi connectivity index (χ1) is 11.2. The van der Waals surface area contributed by atoms with Crippen LogP contribution in [-0.4, -0.2) is 21.1 Å². The lowest BCUT2D eigenvalue weighted by Crippen LogP contribution is -2.12. The van der Waals surface area contributed by atoms with E-state index in [-0.39, 0.29) is 12.3 Å². The molecule has 0 aliphatic carbocycles. The van der Waals surface area contributed by atoms with Crippen LogP contribution in [0.25, 0.3) is 11.5 Å². The molecule has 3 rings (SSSR count). The summed E-state index contributed by atoms with van der Waals surface area (Å²) < 4.78 is 5.53. The maximum atomic E-state index is 11.9. The highest BCUT2D eigenvalue weighted by molar-refractivity contribution is 6.30. The van der Waals surface area contributed by atoms with Crippen LogP contribution in [0.15, 0.2) is 53.2 Å². The van der Waals surface area contributed by atoms with E-state index in [0.29, 0.717) is 28.9 Å². The molecule has 0 atom stereocenters. The molecule has 1 aromatic carbocycles. The number of anilines is 1. The van der Waals surface area contributed by atoms with Gasteiger partial charge in [0, 0.05) is 35.9 Å². The van der Waals surface area contributed by atoms with Crippen molar-refractivity contribution in [3.05, 3.63) is 59.7 Å². The van der Waals surface area contributed by atoms with Gasteiger partial charge < -0.3 is 9.73 Å². The van der Waals surface area contributed by atoms with Crippen molar-refractivity contribution in [2.24, 2.45) is 0 Å². The van der Waals surface area contributed by atoms with Crippen LogP contribution in [0, 0.1) is 0 Å². The van der Waals surface area contributed by atoms with Crippen LogP contribution < -0.4 is 5.32 Å². The van der Waals surface area contributed by atoms with E-state index in [1.54, 1.807) is 42.7 Å². The van der Waals surface area contributed by atoms with Crippen LogP contribution >= 0.6 is 11.6 Å². The zero-order valence-corrected chi connectivity index (χ0v) is 12.8. The fraction of sp³-hybridized carbons (Fsp3) is 0.125. The maximum Gasteiger partial charge on any atom is 0.249 e. The molecule has 2 heterocycles. The minimum atomic E-state index is -0.131. The van der Waals surface area contributed by atoms with E-state index in [9.17, 15) is 4.79 Å². The molecule has 0 spiro atoms. The monoisotopic (exact) mass is 328 g/mol. The summed E-state index contributed by atoms with van der Waals surface area (Å²) in [4.78, 5) is 15.9. The van der Waals surface area contributed by atoms with Crippen molar-refractivity contribution in [2.45, 2.75) is 12.8 Å². The second-order valence-corrected chi connectivity index (χ2v) is 5.23. The third-order valence-electron chi connectivity index (χ3n) is 3.07. The van der Waals surface area contributed by atoms with Crippen molar-refractivity contribution < 1.29 is 9.21 Å². The van der Waals surface area contributed by atoms with Gasteiger partial charge in [-0.3, -0.25) is 9.78 Å². The van der Waals surface area contributed by atoms with Gasteiger partial charge in [-0.2, -0.15) is 0 Å². The molecule has 23 heavy (non-hydrogen) atoms. The molecule has 0 bridgehead atoms. The number of aromatic nitrogens is 3. The van der Waals surface area contributed by atoms with Crippen molar-refractivity contribution >= 4 is 23.2 Å². The maximum absolute atomic E-state index is 11.9. The highest BCUT2D eigenvalue weighted by Crippen LogP contribution is 2.17. The number of nitrogens with zero attached hydrogens (tertiary/aromatic N) is 3. The Morgan fingerprint density at radius 3 is 2.74 bits per heavy atom. The standard InChI is InChI=1S/C16H13ClN4O2/c17-12-3-5-13(6-4-12)19-14(22)7-8-15-20-21-16(23-15)11-2-1-9-18-10-11/h1-6,9-10H,7-8H2,(H,19,22). The Morgan fingerprint density at radius 2 is 2.00 bits per heavy atom. The van der Waals surface area contributed by atoms with E-state index >= 15 is 0 Å². The Bertz CT molecular complexity index is 787. The number of rotatable bonds is 5. The van der Waals surface area contributed by atoms with Gasteiger partial charge in [-0.25, -0.2) is 0 Å². The molecule has 0 radical (unpaired) electrons. The molecule has 0 saturated carbocycles. The highest BCUT2D eigenvalue weighted by atomic mass is 35.5. The number of aryl methyl sites for hydroxylation is 1. The number of carbonyl (C=O) groups excluding carboxylic acids is 1. The van der Waals surface area contributed by atoms with Crippen molar-refractivity contribution in [1.29, 1.82) is 0 Å². The van der Waals surface area contributed by atoms with Crippen LogP contribution in [-0.2, 0) is 11.2 Å². The number of hydrogen-bond acceptors (Lipinski definition) is 5. The first-order valence-corrected chi connectivity index (χ1v) is 7.37. The molecule has 2 aromatic heterocycles. The predicted octanol–water partition coefficient (Wildman–Crippen LogP) is 3.36. The zero-order chi connectivity index (χ0) is 16.1. The van der Waals surface area contributed by atoms with Crippen LogP contribution in [0.4, 0.5) is 5.69 Å². The molecule has 0 aliphatic rings. The molecular formula is C16H13ClN4O2. The minimum Gasteiger partial charge on any atom is -0.421 e. The Hall–Kier alpha value is -2.73. The van der Waals surface area contributed by atoms with Crippen LogP contribution in [0.5, 0.6) is 0 Å². The third-order valence-corrected chi connectivity index (χ3v) is 3.32. The first kappa shape index (κ1) is 15.2. The second-order valence-electron chi connectivity index (χ2n) is 4.80. The van der Waals surface area contributed by atoms with Gasteiger partial charge in [-0.1, -0.05) is 11.6 Å². The molecular weight excluding hydrogens is 316 g/mol. The van der Waals surface area contributed by atoms with Gasteiger partial charge in [0.15, 0.2) is 0 Å². The van der Waals surface area contributed by atoms with Crippen molar-refractivity contribution in [3.8, 4) is 11.5 Å². The lowest BCUT2D eigenvalue weighted by molar-refractivity contribution is -0.116. The molecule has 0 unspecified atom stereocenters. The summed E-state index contributed by atoms with van der Waals surface area (Å²) >= 11 is 5.80. The fourth-order valence-corrected chi connectivity index (χ4v) is 2.06. The topological polar surface area (TPSA) is 80.9 Å². The van der Waals surface area contributed by atoms with E-state index in [0.717, 1.165) is 5.56 Å². The van der Waals surface area contributed by atoms with Gasteiger partial charge in [0.1, 0.15) is 0 Å². The quantitative estimate of drug-likeness (QED) is 0.776. The zero-order valence-electron chi connectivity index (χ0n) is 12.1. The smallest absolute Gasteiger partial charge is 0.249 e. The molecule has 0 fully saturated rings. The molecule has 6 nitrogen and oxygen atoms in total. The average molecular weight is 329 g/mol. The Kier molecular flexibility index (Phi) is 4.63. The lowest BCUT2D eigenvalue weighted by Gasteiger charge is -2.03. The summed E-state index contributed by atoms with van der Waals surface area (Å²) in [6.07, 6.45) is 3.93. The summed E-state index contributed by atoms with van der Waals surface area (Å²) in [6.45, 7) is 0. The van der Waals surface area contributed by atoms with E-state index < -0.39 is 0 Å². The van der Waals surface area contributed by atoms with Gasteiger partial charge >= 0.3 is 0 Å². The summed E-state index contributed by atoms with van der Waals surface area (Å²) in [5.41, 5.74) is 1.44. The molecule has 0 saturated heterocycles. The number of pyridine rings is 1. The van der Waals surface area contributed by atoms with E-state index in [1.807, 2.05) is 6.07 Å². The molecule has 1 amide bonds. The molecule has 1 N–H and O–H groups in total. The van der Waals surface area contributed by atoms with Gasteiger partial charge in [0.25, 0.3) is 0 Å².